The molecular formula is C7H5ClOS. The first-order valence-corrected chi connectivity index (χ1v) is 3.95. The van der Waals surface area contributed by atoms with E-state index in [0.717, 1.165) is 22.3 Å². The number of hydrogen-bond acceptors (Lipinski definition) is 2. The Kier molecular flexibility index (Phi) is 2.78. The van der Waals surface area contributed by atoms with Gasteiger partial charge in [-0.15, -0.1) is 0 Å². The van der Waals surface area contributed by atoms with Gasteiger partial charge in [0.15, 0.2) is 5.62 Å². The Morgan fingerprint density at radius 3 is 2.70 bits per heavy atom. The van der Waals surface area contributed by atoms with Crippen molar-refractivity contribution >= 4 is 29.0 Å². The number of benzene rings is 1. The molecule has 0 heterocycles. The van der Waals surface area contributed by atoms with E-state index < -0.39 is 0 Å². The molecular weight excluding hydrogens is 168 g/mol. The quantitative estimate of drug-likeness (QED) is 0.504. The lowest BCUT2D eigenvalue weighted by Crippen LogP contribution is -1.71. The lowest BCUT2D eigenvalue weighted by Gasteiger charge is -1.94. The Hall–Kier alpha value is -0.470. The molecule has 0 amide bonds. The molecule has 0 N–H and O–H groups in total. The third-order valence-electron chi connectivity index (χ3n) is 1.01. The number of carbonyl (C=O) groups excluding carboxylic acids is 1. The molecule has 0 saturated carbocycles. The molecule has 1 rings (SSSR count). The summed E-state index contributed by atoms with van der Waals surface area (Å²) in [6.07, 6.45) is 0. The molecule has 0 atom stereocenters. The first-order chi connectivity index (χ1) is 4.84. The van der Waals surface area contributed by atoms with Gasteiger partial charge in [0.05, 0.1) is 5.02 Å². The summed E-state index contributed by atoms with van der Waals surface area (Å²) in [6.45, 7) is 0. The van der Waals surface area contributed by atoms with Crippen LogP contribution in [0.2, 0.25) is 5.02 Å². The summed E-state index contributed by atoms with van der Waals surface area (Å²) in [4.78, 5) is 10.8. The highest BCUT2D eigenvalue weighted by atomic mass is 35.5. The maximum atomic E-state index is 10.0. The number of thioether (sulfide) groups is 1. The number of carbonyl (C=O) groups is 1. The Morgan fingerprint density at radius 2 is 2.10 bits per heavy atom. The van der Waals surface area contributed by atoms with Gasteiger partial charge in [0.1, 0.15) is 0 Å². The van der Waals surface area contributed by atoms with E-state index in [1.54, 1.807) is 12.1 Å². The molecule has 1 nitrogen and oxygen atoms in total. The van der Waals surface area contributed by atoms with Crippen molar-refractivity contribution in [1.82, 2.24) is 0 Å². The van der Waals surface area contributed by atoms with Crippen LogP contribution in [0.3, 0.4) is 0 Å². The molecule has 0 aliphatic rings. The Morgan fingerprint density at radius 1 is 1.40 bits per heavy atom. The van der Waals surface area contributed by atoms with Crippen molar-refractivity contribution < 1.29 is 4.79 Å². The summed E-state index contributed by atoms with van der Waals surface area (Å²) in [5, 5.41) is 0.625. The summed E-state index contributed by atoms with van der Waals surface area (Å²) in [6, 6.07) is 7.24. The smallest absolute Gasteiger partial charge is 0.181 e. The Labute approximate surface area is 68.4 Å². The topological polar surface area (TPSA) is 17.1 Å². The summed E-state index contributed by atoms with van der Waals surface area (Å²) in [7, 11) is 0. The SMILES string of the molecule is O=CSc1ccccc1Cl. The van der Waals surface area contributed by atoms with Crippen molar-refractivity contribution in [3.63, 3.8) is 0 Å². The molecule has 0 aliphatic carbocycles. The Balaban J connectivity index is 2.91. The van der Waals surface area contributed by atoms with Gasteiger partial charge in [-0.25, -0.2) is 0 Å². The third-order valence-corrected chi connectivity index (χ3v) is 2.16. The van der Waals surface area contributed by atoms with Crippen LogP contribution in [0.15, 0.2) is 29.2 Å². The van der Waals surface area contributed by atoms with E-state index in [-0.39, 0.29) is 0 Å². The van der Waals surface area contributed by atoms with Gasteiger partial charge in [-0.05, 0) is 12.1 Å². The van der Waals surface area contributed by atoms with Gasteiger partial charge in [0.2, 0.25) is 0 Å². The zero-order valence-electron chi connectivity index (χ0n) is 5.08. The van der Waals surface area contributed by atoms with Gasteiger partial charge in [0, 0.05) is 4.90 Å². The maximum Gasteiger partial charge on any atom is 0.181 e. The van der Waals surface area contributed by atoms with Crippen LogP contribution >= 0.6 is 23.4 Å². The van der Waals surface area contributed by atoms with Gasteiger partial charge < -0.3 is 0 Å². The zero-order chi connectivity index (χ0) is 7.40. The van der Waals surface area contributed by atoms with Crippen LogP contribution < -0.4 is 0 Å². The van der Waals surface area contributed by atoms with Crippen molar-refractivity contribution in [2.45, 2.75) is 4.90 Å². The van der Waals surface area contributed by atoms with Crippen LogP contribution in [0.1, 0.15) is 0 Å². The first-order valence-electron chi connectivity index (χ1n) is 2.69. The molecule has 0 fully saturated rings. The molecule has 3 heteroatoms. The highest BCUT2D eigenvalue weighted by Gasteiger charge is 1.95. The van der Waals surface area contributed by atoms with Gasteiger partial charge in [-0.3, -0.25) is 4.79 Å². The van der Waals surface area contributed by atoms with Gasteiger partial charge in [-0.1, -0.05) is 35.5 Å². The zero-order valence-corrected chi connectivity index (χ0v) is 6.65. The van der Waals surface area contributed by atoms with Crippen molar-refractivity contribution in [2.75, 3.05) is 0 Å². The largest absolute Gasteiger partial charge is 0.291 e. The van der Waals surface area contributed by atoms with Crippen LogP contribution in [0, 0.1) is 0 Å². The van der Waals surface area contributed by atoms with Crippen molar-refractivity contribution in [3.05, 3.63) is 29.3 Å². The minimum atomic E-state index is 0.625. The highest BCUT2D eigenvalue weighted by molar-refractivity contribution is 8.12. The lowest BCUT2D eigenvalue weighted by atomic mass is 10.4. The second-order valence-corrected chi connectivity index (χ2v) is 2.92. The monoisotopic (exact) mass is 172 g/mol. The third kappa shape index (κ3) is 1.75. The second-order valence-electron chi connectivity index (χ2n) is 1.64. The molecule has 0 bridgehead atoms. The molecule has 1 aromatic rings. The second kappa shape index (κ2) is 3.64. The maximum absolute atomic E-state index is 10.0. The van der Waals surface area contributed by atoms with Crippen molar-refractivity contribution in [2.24, 2.45) is 0 Å². The predicted molar refractivity (Wildman–Crippen MR) is 44.1 cm³/mol. The van der Waals surface area contributed by atoms with E-state index in [1.165, 1.54) is 0 Å². The fourth-order valence-electron chi connectivity index (χ4n) is 0.592. The predicted octanol–water partition coefficient (Wildman–Crippen LogP) is 2.62. The van der Waals surface area contributed by atoms with Crippen LogP contribution in [0.25, 0.3) is 0 Å². The highest BCUT2D eigenvalue weighted by Crippen LogP contribution is 2.24. The molecule has 0 aliphatic heterocycles. The lowest BCUT2D eigenvalue weighted by molar-refractivity contribution is 0.570. The molecule has 1 aromatic carbocycles. The number of halogens is 1. The van der Waals surface area contributed by atoms with Gasteiger partial charge >= 0.3 is 0 Å². The normalized spacial score (nSPS) is 9.30. The van der Waals surface area contributed by atoms with E-state index in [2.05, 4.69) is 0 Å². The van der Waals surface area contributed by atoms with E-state index in [0.29, 0.717) is 5.02 Å². The minimum absolute atomic E-state index is 0.625. The van der Waals surface area contributed by atoms with E-state index in [9.17, 15) is 4.79 Å². The average molecular weight is 173 g/mol. The van der Waals surface area contributed by atoms with E-state index in [4.69, 9.17) is 11.6 Å². The van der Waals surface area contributed by atoms with E-state index in [1.807, 2.05) is 12.1 Å². The van der Waals surface area contributed by atoms with Crippen LogP contribution in [0.5, 0.6) is 0 Å². The van der Waals surface area contributed by atoms with Crippen molar-refractivity contribution in [3.8, 4) is 0 Å². The standard InChI is InChI=1S/C7H5ClOS/c8-6-3-1-2-4-7(6)10-5-9/h1-5H. The van der Waals surface area contributed by atoms with Crippen LogP contribution in [-0.4, -0.2) is 5.62 Å². The summed E-state index contributed by atoms with van der Waals surface area (Å²) in [5.74, 6) is 0. The molecule has 0 spiro atoms. The van der Waals surface area contributed by atoms with Crippen LogP contribution in [0.4, 0.5) is 0 Å². The molecule has 10 heavy (non-hydrogen) atoms. The van der Waals surface area contributed by atoms with Gasteiger partial charge in [-0.2, -0.15) is 0 Å². The van der Waals surface area contributed by atoms with Gasteiger partial charge in [0.25, 0.3) is 0 Å². The molecule has 52 valence electrons. The number of hydrogen-bond donors (Lipinski definition) is 0. The summed E-state index contributed by atoms with van der Waals surface area (Å²) in [5.41, 5.74) is 0.765. The fourth-order valence-corrected chi connectivity index (χ4v) is 1.30. The van der Waals surface area contributed by atoms with Crippen molar-refractivity contribution in [1.29, 1.82) is 0 Å². The summed E-state index contributed by atoms with van der Waals surface area (Å²) >= 11 is 6.81. The minimum Gasteiger partial charge on any atom is -0.291 e. The summed E-state index contributed by atoms with van der Waals surface area (Å²) < 4.78 is 0. The fraction of sp³-hybridized carbons (Fsp3) is 0. The first kappa shape index (κ1) is 7.63. The molecule has 0 aromatic heterocycles. The number of rotatable bonds is 2. The molecule has 0 saturated heterocycles. The van der Waals surface area contributed by atoms with Crippen LogP contribution in [-0.2, 0) is 4.79 Å². The Bertz CT molecular complexity index is 237. The van der Waals surface area contributed by atoms with E-state index >= 15 is 0 Å². The average Bonchev–Trinajstić information content (AvgIpc) is 1.94. The molecule has 0 radical (unpaired) electrons. The molecule has 0 unspecified atom stereocenters.